The van der Waals surface area contributed by atoms with Crippen molar-refractivity contribution in [2.45, 2.75) is 70.9 Å². The summed E-state index contributed by atoms with van der Waals surface area (Å²) in [5.74, 6) is 1.02. The normalized spacial score (nSPS) is 18.8. The van der Waals surface area contributed by atoms with Gasteiger partial charge in [0.2, 0.25) is 0 Å². The van der Waals surface area contributed by atoms with Crippen molar-refractivity contribution in [2.24, 2.45) is 5.92 Å². The summed E-state index contributed by atoms with van der Waals surface area (Å²) in [5, 5.41) is 3.63. The van der Waals surface area contributed by atoms with Crippen LogP contribution in [0.3, 0.4) is 0 Å². The lowest BCUT2D eigenvalue weighted by molar-refractivity contribution is -0.0497. The number of rotatable bonds is 9. The van der Waals surface area contributed by atoms with Crippen LogP contribution in [0.2, 0.25) is 0 Å². The van der Waals surface area contributed by atoms with Gasteiger partial charge in [0.25, 0.3) is 0 Å². The van der Waals surface area contributed by atoms with Crippen molar-refractivity contribution in [1.82, 2.24) is 5.32 Å². The third-order valence-corrected chi connectivity index (χ3v) is 4.25. The van der Waals surface area contributed by atoms with Gasteiger partial charge in [-0.3, -0.25) is 0 Å². The standard InChI is InChI=1S/C14H29NO/c1-5-14(6-2,16-4)13(15-7-3)11-10-12-8-9-12/h12-13,15H,5-11H2,1-4H3. The second-order valence-electron chi connectivity index (χ2n) is 5.11. The molecular formula is C14H29NO. The molecule has 2 heteroatoms. The van der Waals surface area contributed by atoms with E-state index in [1.54, 1.807) is 0 Å². The van der Waals surface area contributed by atoms with Crippen LogP contribution in [0.4, 0.5) is 0 Å². The molecule has 1 unspecified atom stereocenters. The van der Waals surface area contributed by atoms with Gasteiger partial charge in [-0.15, -0.1) is 0 Å². The molecule has 16 heavy (non-hydrogen) atoms. The summed E-state index contributed by atoms with van der Waals surface area (Å²) in [7, 11) is 1.87. The van der Waals surface area contributed by atoms with Crippen LogP contribution in [0.25, 0.3) is 0 Å². The van der Waals surface area contributed by atoms with Crippen LogP contribution in [0, 0.1) is 5.92 Å². The molecule has 0 amide bonds. The third-order valence-electron chi connectivity index (χ3n) is 4.25. The number of ether oxygens (including phenoxy) is 1. The predicted molar refractivity (Wildman–Crippen MR) is 69.7 cm³/mol. The van der Waals surface area contributed by atoms with Crippen molar-refractivity contribution in [3.63, 3.8) is 0 Å². The predicted octanol–water partition coefficient (Wildman–Crippen LogP) is 3.36. The minimum Gasteiger partial charge on any atom is -0.377 e. The Balaban J connectivity index is 2.54. The molecule has 0 aromatic heterocycles. The zero-order chi connectivity index (χ0) is 12.0. The highest BCUT2D eigenvalue weighted by molar-refractivity contribution is 4.92. The molecule has 1 saturated carbocycles. The molecular weight excluding hydrogens is 198 g/mol. The zero-order valence-corrected chi connectivity index (χ0v) is 11.5. The Morgan fingerprint density at radius 3 is 2.25 bits per heavy atom. The molecule has 1 aliphatic rings. The first-order valence-corrected chi connectivity index (χ1v) is 7.00. The maximum atomic E-state index is 5.84. The van der Waals surface area contributed by atoms with Crippen LogP contribution in [-0.4, -0.2) is 25.3 Å². The average Bonchev–Trinajstić information content (AvgIpc) is 3.12. The number of hydrogen-bond donors (Lipinski definition) is 1. The molecule has 1 aliphatic carbocycles. The van der Waals surface area contributed by atoms with Crippen LogP contribution in [0.1, 0.15) is 59.3 Å². The van der Waals surface area contributed by atoms with Crippen molar-refractivity contribution in [2.75, 3.05) is 13.7 Å². The molecule has 1 atom stereocenters. The van der Waals surface area contributed by atoms with E-state index in [1.165, 1.54) is 25.7 Å². The SMILES string of the molecule is CCNC(CCC1CC1)C(CC)(CC)OC. The van der Waals surface area contributed by atoms with Crippen molar-refractivity contribution < 1.29 is 4.74 Å². The van der Waals surface area contributed by atoms with E-state index in [4.69, 9.17) is 4.74 Å². The van der Waals surface area contributed by atoms with Crippen molar-refractivity contribution in [3.8, 4) is 0 Å². The summed E-state index contributed by atoms with van der Waals surface area (Å²) in [4.78, 5) is 0. The Labute approximate surface area is 101 Å². The minimum atomic E-state index is 0.0465. The number of nitrogens with one attached hydrogen (secondary N) is 1. The van der Waals surface area contributed by atoms with Gasteiger partial charge in [-0.05, 0) is 38.1 Å². The van der Waals surface area contributed by atoms with Gasteiger partial charge in [0, 0.05) is 13.2 Å². The Morgan fingerprint density at radius 1 is 1.25 bits per heavy atom. The first kappa shape index (κ1) is 14.0. The van der Waals surface area contributed by atoms with Crippen LogP contribution >= 0.6 is 0 Å². The molecule has 1 N–H and O–H groups in total. The summed E-state index contributed by atoms with van der Waals surface area (Å²) in [6.45, 7) is 7.72. The van der Waals surface area contributed by atoms with Crippen molar-refractivity contribution in [1.29, 1.82) is 0 Å². The summed E-state index contributed by atoms with van der Waals surface area (Å²) in [5.41, 5.74) is 0.0465. The van der Waals surface area contributed by atoms with E-state index in [1.807, 2.05) is 7.11 Å². The first-order chi connectivity index (χ1) is 7.72. The van der Waals surface area contributed by atoms with Gasteiger partial charge < -0.3 is 10.1 Å². The molecule has 0 radical (unpaired) electrons. The highest BCUT2D eigenvalue weighted by Gasteiger charge is 2.36. The molecule has 0 aromatic rings. The molecule has 0 aromatic carbocycles. The topological polar surface area (TPSA) is 21.3 Å². The molecule has 0 heterocycles. The highest BCUT2D eigenvalue weighted by Crippen LogP contribution is 2.36. The largest absolute Gasteiger partial charge is 0.377 e. The number of hydrogen-bond acceptors (Lipinski definition) is 2. The second-order valence-corrected chi connectivity index (χ2v) is 5.11. The molecule has 0 spiro atoms. The zero-order valence-electron chi connectivity index (χ0n) is 11.5. The Hall–Kier alpha value is -0.0800. The van der Waals surface area contributed by atoms with Crippen molar-refractivity contribution >= 4 is 0 Å². The molecule has 0 aliphatic heterocycles. The quantitative estimate of drug-likeness (QED) is 0.652. The minimum absolute atomic E-state index is 0.0465. The van der Waals surface area contributed by atoms with Crippen molar-refractivity contribution in [3.05, 3.63) is 0 Å². The van der Waals surface area contributed by atoms with E-state index in [2.05, 4.69) is 26.1 Å². The van der Waals surface area contributed by atoms with Gasteiger partial charge in [0.15, 0.2) is 0 Å². The van der Waals surface area contributed by atoms with E-state index >= 15 is 0 Å². The van der Waals surface area contributed by atoms with E-state index < -0.39 is 0 Å². The lowest BCUT2D eigenvalue weighted by Crippen LogP contribution is -2.51. The van der Waals surface area contributed by atoms with Crippen LogP contribution < -0.4 is 5.32 Å². The summed E-state index contributed by atoms with van der Waals surface area (Å²) < 4.78 is 5.84. The second kappa shape index (κ2) is 6.61. The smallest absolute Gasteiger partial charge is 0.0825 e. The maximum Gasteiger partial charge on any atom is 0.0825 e. The highest BCUT2D eigenvalue weighted by atomic mass is 16.5. The van der Waals surface area contributed by atoms with Crippen LogP contribution in [0.5, 0.6) is 0 Å². The molecule has 1 fully saturated rings. The monoisotopic (exact) mass is 227 g/mol. The molecule has 96 valence electrons. The summed E-state index contributed by atoms with van der Waals surface area (Å²) in [6, 6.07) is 0.526. The van der Waals surface area contributed by atoms with Gasteiger partial charge in [-0.25, -0.2) is 0 Å². The van der Waals surface area contributed by atoms with Gasteiger partial charge in [-0.1, -0.05) is 33.6 Å². The van der Waals surface area contributed by atoms with E-state index in [-0.39, 0.29) is 5.60 Å². The van der Waals surface area contributed by atoms with E-state index in [9.17, 15) is 0 Å². The van der Waals surface area contributed by atoms with E-state index in [0.29, 0.717) is 6.04 Å². The fourth-order valence-corrected chi connectivity index (χ4v) is 2.78. The maximum absolute atomic E-state index is 5.84. The number of likely N-dealkylation sites (N-methyl/N-ethyl adjacent to an activating group) is 1. The molecule has 0 saturated heterocycles. The Bertz CT molecular complexity index is 177. The average molecular weight is 227 g/mol. The van der Waals surface area contributed by atoms with Crippen LogP contribution in [-0.2, 0) is 4.74 Å². The fourth-order valence-electron chi connectivity index (χ4n) is 2.78. The lowest BCUT2D eigenvalue weighted by Gasteiger charge is -2.39. The Kier molecular flexibility index (Phi) is 5.77. The van der Waals surface area contributed by atoms with Gasteiger partial charge in [-0.2, -0.15) is 0 Å². The van der Waals surface area contributed by atoms with Gasteiger partial charge in [0.1, 0.15) is 0 Å². The van der Waals surface area contributed by atoms with Gasteiger partial charge >= 0.3 is 0 Å². The Morgan fingerprint density at radius 2 is 1.88 bits per heavy atom. The first-order valence-electron chi connectivity index (χ1n) is 7.00. The summed E-state index contributed by atoms with van der Waals surface area (Å²) >= 11 is 0. The molecule has 1 rings (SSSR count). The van der Waals surface area contributed by atoms with Crippen LogP contribution in [0.15, 0.2) is 0 Å². The lowest BCUT2D eigenvalue weighted by atomic mass is 9.85. The van der Waals surface area contributed by atoms with Gasteiger partial charge in [0.05, 0.1) is 5.60 Å². The molecule has 2 nitrogen and oxygen atoms in total. The summed E-state index contributed by atoms with van der Waals surface area (Å²) in [6.07, 6.45) is 7.76. The van der Waals surface area contributed by atoms with E-state index in [0.717, 1.165) is 25.3 Å². The molecule has 0 bridgehead atoms. The number of methoxy groups -OCH3 is 1. The fraction of sp³-hybridized carbons (Fsp3) is 1.00. The third kappa shape index (κ3) is 3.46.